The minimum absolute atomic E-state index is 0.191. The van der Waals surface area contributed by atoms with Crippen LogP contribution in [-0.4, -0.2) is 40.6 Å². The molecule has 0 bridgehead atoms. The molecule has 1 aliphatic rings. The largest absolute Gasteiger partial charge is 0.374 e. The Balaban J connectivity index is 1.89. The van der Waals surface area contributed by atoms with Crippen LogP contribution in [-0.2, 0) is 16.0 Å². The molecule has 22 heavy (non-hydrogen) atoms. The van der Waals surface area contributed by atoms with Crippen LogP contribution in [0.3, 0.4) is 0 Å². The first kappa shape index (κ1) is 16.9. The third-order valence-electron chi connectivity index (χ3n) is 4.42. The number of nitrogens with zero attached hydrogens (tertiary/aromatic N) is 3. The van der Waals surface area contributed by atoms with Gasteiger partial charge in [-0.2, -0.15) is 4.98 Å². The highest BCUT2D eigenvalue weighted by atomic mass is 16.5. The molecule has 0 aliphatic carbocycles. The Labute approximate surface area is 132 Å². The molecule has 2 atom stereocenters. The van der Waals surface area contributed by atoms with E-state index in [4.69, 9.17) is 9.26 Å². The van der Waals surface area contributed by atoms with E-state index >= 15 is 0 Å². The fourth-order valence-corrected chi connectivity index (χ4v) is 2.93. The second kappa shape index (κ2) is 8.27. The van der Waals surface area contributed by atoms with Crippen molar-refractivity contribution in [2.75, 3.05) is 13.7 Å². The van der Waals surface area contributed by atoms with Gasteiger partial charge < -0.3 is 14.2 Å². The lowest BCUT2D eigenvalue weighted by Crippen LogP contribution is -2.39. The summed E-state index contributed by atoms with van der Waals surface area (Å²) in [6.07, 6.45) is 6.45. The maximum atomic E-state index is 12.5. The van der Waals surface area contributed by atoms with E-state index in [9.17, 15) is 4.79 Å². The summed E-state index contributed by atoms with van der Waals surface area (Å²) in [5.74, 6) is 1.24. The Morgan fingerprint density at radius 1 is 1.45 bits per heavy atom. The van der Waals surface area contributed by atoms with E-state index in [1.807, 2.05) is 6.92 Å². The maximum Gasteiger partial charge on any atom is 0.227 e. The Kier molecular flexibility index (Phi) is 6.36. The van der Waals surface area contributed by atoms with Gasteiger partial charge in [-0.15, -0.1) is 0 Å². The predicted octanol–water partition coefficient (Wildman–Crippen LogP) is 2.89. The molecule has 1 aromatic rings. The number of aromatic nitrogens is 2. The fraction of sp³-hybridized carbons (Fsp3) is 0.812. The highest BCUT2D eigenvalue weighted by Gasteiger charge is 2.24. The molecule has 0 radical (unpaired) electrons. The Morgan fingerprint density at radius 3 is 3.00 bits per heavy atom. The number of hydrogen-bond acceptors (Lipinski definition) is 5. The van der Waals surface area contributed by atoms with Crippen molar-refractivity contribution >= 4 is 5.91 Å². The average Bonchev–Trinajstić information content (AvgIpc) is 2.88. The standard InChI is InChI=1S/C16H27N3O3/c1-4-13-8-6-5-7-11-19(13)15(20)10-9-14-17-16(18-22-14)12(2)21-3/h12-13H,4-11H2,1-3H3/t12-,13+/m1/s1. The predicted molar refractivity (Wildman–Crippen MR) is 82.3 cm³/mol. The number of hydrogen-bond donors (Lipinski definition) is 0. The van der Waals surface area contributed by atoms with E-state index in [1.165, 1.54) is 12.8 Å². The van der Waals surface area contributed by atoms with Crippen molar-refractivity contribution in [2.24, 2.45) is 0 Å². The normalized spacial score (nSPS) is 20.7. The topological polar surface area (TPSA) is 68.5 Å². The summed E-state index contributed by atoms with van der Waals surface area (Å²) in [7, 11) is 1.61. The lowest BCUT2D eigenvalue weighted by Gasteiger charge is -2.29. The summed E-state index contributed by atoms with van der Waals surface area (Å²) in [6.45, 7) is 4.91. The zero-order valence-corrected chi connectivity index (χ0v) is 13.9. The van der Waals surface area contributed by atoms with Gasteiger partial charge in [0, 0.05) is 32.5 Å². The number of carbonyl (C=O) groups excluding carboxylic acids is 1. The quantitative estimate of drug-likeness (QED) is 0.808. The van der Waals surface area contributed by atoms with Crippen molar-refractivity contribution in [1.82, 2.24) is 15.0 Å². The van der Waals surface area contributed by atoms with Crippen LogP contribution < -0.4 is 0 Å². The summed E-state index contributed by atoms with van der Waals surface area (Å²) < 4.78 is 10.3. The lowest BCUT2D eigenvalue weighted by atomic mass is 10.1. The number of likely N-dealkylation sites (tertiary alicyclic amines) is 1. The Morgan fingerprint density at radius 2 is 2.27 bits per heavy atom. The van der Waals surface area contributed by atoms with E-state index in [0.29, 0.717) is 30.6 Å². The van der Waals surface area contributed by atoms with E-state index in [1.54, 1.807) is 7.11 Å². The van der Waals surface area contributed by atoms with Crippen LogP contribution in [0.15, 0.2) is 4.52 Å². The minimum atomic E-state index is -0.191. The number of methoxy groups -OCH3 is 1. The molecule has 1 fully saturated rings. The van der Waals surface area contributed by atoms with Gasteiger partial charge in [0.25, 0.3) is 0 Å². The molecule has 2 heterocycles. The summed E-state index contributed by atoms with van der Waals surface area (Å²) in [6, 6.07) is 0.391. The van der Waals surface area contributed by atoms with Crippen molar-refractivity contribution in [1.29, 1.82) is 0 Å². The number of rotatable bonds is 6. The van der Waals surface area contributed by atoms with Crippen molar-refractivity contribution in [3.8, 4) is 0 Å². The molecule has 6 heteroatoms. The maximum absolute atomic E-state index is 12.5. The summed E-state index contributed by atoms with van der Waals surface area (Å²) in [5, 5.41) is 3.89. The number of carbonyl (C=O) groups is 1. The van der Waals surface area contributed by atoms with Gasteiger partial charge in [0.2, 0.25) is 11.8 Å². The van der Waals surface area contributed by atoms with E-state index in [-0.39, 0.29) is 12.0 Å². The highest BCUT2D eigenvalue weighted by molar-refractivity contribution is 5.76. The van der Waals surface area contributed by atoms with E-state index in [2.05, 4.69) is 22.0 Å². The second-order valence-electron chi connectivity index (χ2n) is 5.92. The zero-order chi connectivity index (χ0) is 15.9. The molecule has 1 aliphatic heterocycles. The molecule has 124 valence electrons. The molecule has 6 nitrogen and oxygen atoms in total. The van der Waals surface area contributed by atoms with E-state index in [0.717, 1.165) is 25.8 Å². The van der Waals surface area contributed by atoms with Gasteiger partial charge in [0.1, 0.15) is 6.10 Å². The molecule has 1 saturated heterocycles. The van der Waals surface area contributed by atoms with Crippen molar-refractivity contribution in [3.05, 3.63) is 11.7 Å². The highest BCUT2D eigenvalue weighted by Crippen LogP contribution is 2.20. The Bertz CT molecular complexity index is 475. The molecule has 1 aromatic heterocycles. The summed E-state index contributed by atoms with van der Waals surface area (Å²) in [5.41, 5.74) is 0. The first-order chi connectivity index (χ1) is 10.7. The van der Waals surface area contributed by atoms with Crippen LogP contribution in [0, 0.1) is 0 Å². The second-order valence-corrected chi connectivity index (χ2v) is 5.92. The van der Waals surface area contributed by atoms with Gasteiger partial charge in [0.05, 0.1) is 0 Å². The van der Waals surface area contributed by atoms with Crippen molar-refractivity contribution in [3.63, 3.8) is 0 Å². The molecular weight excluding hydrogens is 282 g/mol. The minimum Gasteiger partial charge on any atom is -0.374 e. The Hall–Kier alpha value is -1.43. The third-order valence-corrected chi connectivity index (χ3v) is 4.42. The molecule has 2 rings (SSSR count). The summed E-state index contributed by atoms with van der Waals surface area (Å²) >= 11 is 0. The fourth-order valence-electron chi connectivity index (χ4n) is 2.93. The molecule has 0 unspecified atom stereocenters. The number of ether oxygens (including phenoxy) is 1. The number of aryl methyl sites for hydroxylation is 1. The lowest BCUT2D eigenvalue weighted by molar-refractivity contribution is -0.133. The van der Waals surface area contributed by atoms with Crippen molar-refractivity contribution in [2.45, 2.75) is 70.9 Å². The van der Waals surface area contributed by atoms with Gasteiger partial charge in [-0.1, -0.05) is 24.9 Å². The first-order valence-electron chi connectivity index (χ1n) is 8.30. The zero-order valence-electron chi connectivity index (χ0n) is 13.9. The van der Waals surface area contributed by atoms with Gasteiger partial charge in [-0.25, -0.2) is 0 Å². The van der Waals surface area contributed by atoms with Crippen LogP contribution >= 0.6 is 0 Å². The smallest absolute Gasteiger partial charge is 0.227 e. The van der Waals surface area contributed by atoms with Gasteiger partial charge in [-0.3, -0.25) is 4.79 Å². The average molecular weight is 309 g/mol. The third kappa shape index (κ3) is 4.29. The molecule has 0 N–H and O–H groups in total. The SMILES string of the molecule is CC[C@H]1CCCCCN1C(=O)CCc1nc([C@@H](C)OC)no1. The summed E-state index contributed by atoms with van der Waals surface area (Å²) in [4.78, 5) is 18.8. The van der Waals surface area contributed by atoms with Gasteiger partial charge >= 0.3 is 0 Å². The van der Waals surface area contributed by atoms with Crippen LogP contribution in [0.1, 0.15) is 70.2 Å². The van der Waals surface area contributed by atoms with Gasteiger partial charge in [-0.05, 0) is 26.2 Å². The van der Waals surface area contributed by atoms with Crippen molar-refractivity contribution < 1.29 is 14.1 Å². The van der Waals surface area contributed by atoms with E-state index < -0.39 is 0 Å². The first-order valence-corrected chi connectivity index (χ1v) is 8.30. The van der Waals surface area contributed by atoms with Crippen LogP contribution in [0.5, 0.6) is 0 Å². The molecule has 0 spiro atoms. The molecule has 0 aromatic carbocycles. The van der Waals surface area contributed by atoms with Gasteiger partial charge in [0.15, 0.2) is 5.82 Å². The molecule has 1 amide bonds. The monoisotopic (exact) mass is 309 g/mol. The van der Waals surface area contributed by atoms with Crippen LogP contribution in [0.4, 0.5) is 0 Å². The van der Waals surface area contributed by atoms with Crippen LogP contribution in [0.25, 0.3) is 0 Å². The molecule has 0 saturated carbocycles. The number of amides is 1. The molecular formula is C16H27N3O3. The van der Waals surface area contributed by atoms with Crippen LogP contribution in [0.2, 0.25) is 0 Å².